The standard InChI is InChI=1S/C17H15N3O/c1-13-9-14(3-2-7-18)4-5-17(13)21-12-15-6-8-20-16(10-15)11-19/h4-6,8-10H,7,12,18H2,1H3. The summed E-state index contributed by atoms with van der Waals surface area (Å²) in [4.78, 5) is 3.93. The van der Waals surface area contributed by atoms with Crippen LogP contribution in [-0.4, -0.2) is 11.5 Å². The van der Waals surface area contributed by atoms with E-state index in [1.165, 1.54) is 0 Å². The van der Waals surface area contributed by atoms with E-state index in [4.69, 9.17) is 15.7 Å². The van der Waals surface area contributed by atoms with Crippen molar-refractivity contribution >= 4 is 0 Å². The van der Waals surface area contributed by atoms with Gasteiger partial charge >= 0.3 is 0 Å². The molecule has 1 aromatic heterocycles. The number of benzene rings is 1. The predicted octanol–water partition coefficient (Wildman–Crippen LogP) is 2.15. The lowest BCUT2D eigenvalue weighted by molar-refractivity contribution is 0.304. The van der Waals surface area contributed by atoms with E-state index in [9.17, 15) is 0 Å². The molecule has 4 nitrogen and oxygen atoms in total. The summed E-state index contributed by atoms with van der Waals surface area (Å²) in [7, 11) is 0. The van der Waals surface area contributed by atoms with Crippen molar-refractivity contribution in [3.8, 4) is 23.7 Å². The summed E-state index contributed by atoms with van der Waals surface area (Å²) in [6.07, 6.45) is 1.61. The highest BCUT2D eigenvalue weighted by atomic mass is 16.5. The van der Waals surface area contributed by atoms with Crippen molar-refractivity contribution in [1.29, 1.82) is 5.26 Å². The molecule has 104 valence electrons. The van der Waals surface area contributed by atoms with Crippen LogP contribution in [0.25, 0.3) is 0 Å². The Balaban J connectivity index is 2.08. The van der Waals surface area contributed by atoms with Crippen LogP contribution in [0.1, 0.15) is 22.4 Å². The van der Waals surface area contributed by atoms with E-state index in [1.807, 2.05) is 37.3 Å². The zero-order valence-corrected chi connectivity index (χ0v) is 11.8. The molecule has 0 aliphatic heterocycles. The highest BCUT2D eigenvalue weighted by Crippen LogP contribution is 2.20. The number of pyridine rings is 1. The largest absolute Gasteiger partial charge is 0.489 e. The van der Waals surface area contributed by atoms with Gasteiger partial charge in [0, 0.05) is 11.8 Å². The van der Waals surface area contributed by atoms with Gasteiger partial charge in [-0.15, -0.1) is 0 Å². The minimum absolute atomic E-state index is 0.348. The van der Waals surface area contributed by atoms with Crippen LogP contribution in [0, 0.1) is 30.1 Å². The van der Waals surface area contributed by atoms with E-state index in [-0.39, 0.29) is 0 Å². The van der Waals surface area contributed by atoms with Crippen LogP contribution in [0.4, 0.5) is 0 Å². The van der Waals surface area contributed by atoms with Crippen LogP contribution in [-0.2, 0) is 6.61 Å². The van der Waals surface area contributed by atoms with Crippen LogP contribution in [0.3, 0.4) is 0 Å². The summed E-state index contributed by atoms with van der Waals surface area (Å²) in [6, 6.07) is 11.3. The highest BCUT2D eigenvalue weighted by Gasteiger charge is 2.02. The predicted molar refractivity (Wildman–Crippen MR) is 80.4 cm³/mol. The van der Waals surface area contributed by atoms with Crippen LogP contribution < -0.4 is 10.5 Å². The molecule has 1 heterocycles. The Kier molecular flexibility index (Phi) is 4.93. The summed E-state index contributed by atoms with van der Waals surface area (Å²) in [5.41, 5.74) is 8.58. The zero-order valence-electron chi connectivity index (χ0n) is 11.8. The third-order valence-corrected chi connectivity index (χ3v) is 2.84. The average Bonchev–Trinajstić information content (AvgIpc) is 2.52. The Hall–Kier alpha value is -2.82. The van der Waals surface area contributed by atoms with Gasteiger partial charge in [-0.25, -0.2) is 4.98 Å². The molecule has 0 aliphatic carbocycles. The summed E-state index contributed by atoms with van der Waals surface area (Å²) < 4.78 is 5.77. The van der Waals surface area contributed by atoms with Crippen molar-refractivity contribution in [3.05, 3.63) is 58.9 Å². The molecule has 2 N–H and O–H groups in total. The van der Waals surface area contributed by atoms with E-state index in [0.717, 1.165) is 22.4 Å². The van der Waals surface area contributed by atoms with Crippen LogP contribution in [0.5, 0.6) is 5.75 Å². The zero-order chi connectivity index (χ0) is 15.1. The summed E-state index contributed by atoms with van der Waals surface area (Å²) in [5, 5.41) is 8.82. The van der Waals surface area contributed by atoms with Gasteiger partial charge in [-0.1, -0.05) is 11.8 Å². The second kappa shape index (κ2) is 7.09. The average molecular weight is 277 g/mol. The molecule has 0 atom stereocenters. The van der Waals surface area contributed by atoms with Crippen molar-refractivity contribution in [2.75, 3.05) is 6.54 Å². The lowest BCUT2D eigenvalue weighted by Gasteiger charge is -2.09. The number of hydrogen-bond donors (Lipinski definition) is 1. The first-order valence-corrected chi connectivity index (χ1v) is 6.50. The fraction of sp³-hybridized carbons (Fsp3) is 0.176. The molecule has 0 saturated carbocycles. The van der Waals surface area contributed by atoms with Crippen LogP contribution in [0.15, 0.2) is 36.5 Å². The third-order valence-electron chi connectivity index (χ3n) is 2.84. The molecule has 0 bridgehead atoms. The Labute approximate surface area is 124 Å². The van der Waals surface area contributed by atoms with Crippen molar-refractivity contribution in [3.63, 3.8) is 0 Å². The minimum Gasteiger partial charge on any atom is -0.489 e. The summed E-state index contributed by atoms with van der Waals surface area (Å²) >= 11 is 0. The van der Waals surface area contributed by atoms with Gasteiger partial charge in [0.15, 0.2) is 0 Å². The van der Waals surface area contributed by atoms with Crippen LogP contribution >= 0.6 is 0 Å². The van der Waals surface area contributed by atoms with Crippen molar-refractivity contribution in [2.45, 2.75) is 13.5 Å². The highest BCUT2D eigenvalue weighted by molar-refractivity contribution is 5.43. The molecule has 2 aromatic rings. The number of nitriles is 1. The smallest absolute Gasteiger partial charge is 0.140 e. The first-order chi connectivity index (χ1) is 10.2. The first-order valence-electron chi connectivity index (χ1n) is 6.50. The molecule has 1 aromatic carbocycles. The molecule has 0 aliphatic rings. The monoisotopic (exact) mass is 277 g/mol. The second-order valence-electron chi connectivity index (χ2n) is 4.44. The second-order valence-corrected chi connectivity index (χ2v) is 4.44. The number of ether oxygens (including phenoxy) is 1. The molecule has 21 heavy (non-hydrogen) atoms. The van der Waals surface area contributed by atoms with Crippen LogP contribution in [0.2, 0.25) is 0 Å². The van der Waals surface area contributed by atoms with Gasteiger partial charge in [-0.2, -0.15) is 5.26 Å². The number of nitrogens with zero attached hydrogens (tertiary/aromatic N) is 2. The molecule has 0 saturated heterocycles. The van der Waals surface area contributed by atoms with Gasteiger partial charge in [0.25, 0.3) is 0 Å². The fourth-order valence-corrected chi connectivity index (χ4v) is 1.83. The molecule has 0 fully saturated rings. The SMILES string of the molecule is Cc1cc(C#CCN)ccc1OCc1ccnc(C#N)c1. The number of hydrogen-bond acceptors (Lipinski definition) is 4. The Bertz CT molecular complexity index is 736. The van der Waals surface area contributed by atoms with Gasteiger partial charge in [0.05, 0.1) is 6.54 Å². The van der Waals surface area contributed by atoms with E-state index < -0.39 is 0 Å². The molecule has 0 spiro atoms. The molecular weight excluding hydrogens is 262 g/mol. The van der Waals surface area contributed by atoms with Gasteiger partial charge < -0.3 is 10.5 Å². The maximum Gasteiger partial charge on any atom is 0.140 e. The number of nitrogens with two attached hydrogens (primary N) is 1. The molecule has 0 amide bonds. The number of aromatic nitrogens is 1. The van der Waals surface area contributed by atoms with E-state index in [2.05, 4.69) is 16.8 Å². The van der Waals surface area contributed by atoms with Gasteiger partial charge in [-0.05, 0) is 48.4 Å². The van der Waals surface area contributed by atoms with Crippen molar-refractivity contribution in [2.24, 2.45) is 5.73 Å². The van der Waals surface area contributed by atoms with Gasteiger partial charge in [-0.3, -0.25) is 0 Å². The Morgan fingerprint density at radius 2 is 2.14 bits per heavy atom. The lowest BCUT2D eigenvalue weighted by atomic mass is 10.1. The summed E-state index contributed by atoms with van der Waals surface area (Å²) in [5.74, 6) is 6.60. The maximum atomic E-state index is 8.82. The van der Waals surface area contributed by atoms with E-state index in [0.29, 0.717) is 18.8 Å². The van der Waals surface area contributed by atoms with E-state index >= 15 is 0 Å². The molecular formula is C17H15N3O. The minimum atomic E-state index is 0.348. The topological polar surface area (TPSA) is 71.9 Å². The normalized spacial score (nSPS) is 9.38. The van der Waals surface area contributed by atoms with Crippen molar-refractivity contribution < 1.29 is 4.74 Å². The lowest BCUT2D eigenvalue weighted by Crippen LogP contribution is -1.98. The van der Waals surface area contributed by atoms with Gasteiger partial charge in [0.2, 0.25) is 0 Å². The van der Waals surface area contributed by atoms with Gasteiger partial charge in [0.1, 0.15) is 24.1 Å². The number of aryl methyl sites for hydroxylation is 1. The molecule has 4 heteroatoms. The number of rotatable bonds is 3. The quantitative estimate of drug-likeness (QED) is 0.873. The van der Waals surface area contributed by atoms with E-state index in [1.54, 1.807) is 12.3 Å². The molecule has 0 radical (unpaired) electrons. The maximum absolute atomic E-state index is 8.82. The Morgan fingerprint density at radius 3 is 2.86 bits per heavy atom. The molecule has 0 unspecified atom stereocenters. The fourth-order valence-electron chi connectivity index (χ4n) is 1.83. The van der Waals surface area contributed by atoms with Crippen molar-refractivity contribution in [1.82, 2.24) is 4.98 Å². The first kappa shape index (κ1) is 14.6. The Morgan fingerprint density at radius 1 is 1.29 bits per heavy atom. The summed E-state index contributed by atoms with van der Waals surface area (Å²) in [6.45, 7) is 2.71. The third kappa shape index (κ3) is 4.07. The molecule has 2 rings (SSSR count).